The number of hydrogen-bond acceptors (Lipinski definition) is 4. The van der Waals surface area contributed by atoms with Gasteiger partial charge in [0.1, 0.15) is 11.4 Å². The summed E-state index contributed by atoms with van der Waals surface area (Å²) in [7, 11) is 0. The van der Waals surface area contributed by atoms with E-state index in [4.69, 9.17) is 16.6 Å². The molecule has 3 aromatic heterocycles. The molecule has 8 heteroatoms. The van der Waals surface area contributed by atoms with Gasteiger partial charge in [0, 0.05) is 29.7 Å². The number of imidazole rings is 1. The smallest absolute Gasteiger partial charge is 0.275 e. The molecule has 0 radical (unpaired) electrons. The summed E-state index contributed by atoms with van der Waals surface area (Å²) in [6, 6.07) is 11.1. The first-order chi connectivity index (χ1) is 14.9. The van der Waals surface area contributed by atoms with Gasteiger partial charge in [0.2, 0.25) is 0 Å². The minimum absolute atomic E-state index is 0.179. The zero-order valence-corrected chi connectivity index (χ0v) is 17.9. The number of pyridine rings is 2. The minimum atomic E-state index is -0.197. The second-order valence-corrected chi connectivity index (χ2v) is 8.16. The van der Waals surface area contributed by atoms with E-state index in [1.54, 1.807) is 38.7 Å². The summed E-state index contributed by atoms with van der Waals surface area (Å²) in [4.78, 5) is 36.7. The number of amides is 1. The van der Waals surface area contributed by atoms with Crippen LogP contribution in [0.15, 0.2) is 53.7 Å². The van der Waals surface area contributed by atoms with Gasteiger partial charge in [0.05, 0.1) is 29.8 Å². The number of fused-ring (bicyclic) bond motifs is 2. The predicted octanol–water partition coefficient (Wildman–Crippen LogP) is 3.51. The fourth-order valence-corrected chi connectivity index (χ4v) is 4.14. The highest BCUT2D eigenvalue weighted by Crippen LogP contribution is 2.25. The van der Waals surface area contributed by atoms with E-state index in [9.17, 15) is 9.59 Å². The molecular formula is C23H20ClN5O2. The molecule has 0 aliphatic carbocycles. The lowest BCUT2D eigenvalue weighted by molar-refractivity contribution is 0.0684. The Balaban J connectivity index is 1.45. The standard InChI is InChI=1S/C23H20ClN5O2/c1-14-11-28(13-25-14)19-7-8-20-22(30)27(9-10-29(20)23(19)31)12-17-5-3-16-4-6-18(24)15(2)21(16)26-17/h3-8,11,13H,9-10,12H2,1-2H3. The maximum absolute atomic E-state index is 13.1. The van der Waals surface area contributed by atoms with Crippen molar-refractivity contribution in [2.45, 2.75) is 26.9 Å². The number of halogens is 1. The van der Waals surface area contributed by atoms with Crippen molar-refractivity contribution >= 4 is 28.4 Å². The lowest BCUT2D eigenvalue weighted by Crippen LogP contribution is -2.44. The molecular weight excluding hydrogens is 414 g/mol. The van der Waals surface area contributed by atoms with Crippen LogP contribution in [0.25, 0.3) is 16.6 Å². The lowest BCUT2D eigenvalue weighted by atomic mass is 10.1. The van der Waals surface area contributed by atoms with Gasteiger partial charge in [0.25, 0.3) is 11.5 Å². The molecule has 0 bridgehead atoms. The molecule has 0 unspecified atom stereocenters. The van der Waals surface area contributed by atoms with Gasteiger partial charge in [-0.2, -0.15) is 0 Å². The van der Waals surface area contributed by atoms with E-state index in [0.717, 1.165) is 27.9 Å². The highest BCUT2D eigenvalue weighted by atomic mass is 35.5. The van der Waals surface area contributed by atoms with Crippen LogP contribution in [0.2, 0.25) is 5.02 Å². The highest BCUT2D eigenvalue weighted by molar-refractivity contribution is 6.32. The molecule has 1 aliphatic heterocycles. The van der Waals surface area contributed by atoms with Crippen LogP contribution < -0.4 is 5.56 Å². The molecule has 4 aromatic rings. The zero-order chi connectivity index (χ0) is 21.7. The lowest BCUT2D eigenvalue weighted by Gasteiger charge is -2.29. The molecule has 1 aliphatic rings. The summed E-state index contributed by atoms with van der Waals surface area (Å²) in [5.74, 6) is -0.179. The van der Waals surface area contributed by atoms with Gasteiger partial charge < -0.3 is 14.0 Å². The normalized spacial score (nSPS) is 13.6. The van der Waals surface area contributed by atoms with Crippen LogP contribution in [0.5, 0.6) is 0 Å². The third-order valence-electron chi connectivity index (χ3n) is 5.70. The number of hydrogen-bond donors (Lipinski definition) is 0. The third kappa shape index (κ3) is 3.31. The molecule has 0 saturated heterocycles. The molecule has 156 valence electrons. The predicted molar refractivity (Wildman–Crippen MR) is 119 cm³/mol. The van der Waals surface area contributed by atoms with E-state index >= 15 is 0 Å². The molecule has 0 spiro atoms. The number of carbonyl (C=O) groups is 1. The van der Waals surface area contributed by atoms with Crippen molar-refractivity contribution in [2.24, 2.45) is 0 Å². The molecule has 0 N–H and O–H groups in total. The number of rotatable bonds is 3. The van der Waals surface area contributed by atoms with E-state index in [-0.39, 0.29) is 11.5 Å². The first-order valence-corrected chi connectivity index (χ1v) is 10.4. The summed E-state index contributed by atoms with van der Waals surface area (Å²) in [6.07, 6.45) is 3.40. The van der Waals surface area contributed by atoms with Gasteiger partial charge in [0.15, 0.2) is 0 Å². The van der Waals surface area contributed by atoms with E-state index in [2.05, 4.69) is 4.98 Å². The molecule has 0 atom stereocenters. The average molecular weight is 434 g/mol. The molecule has 4 heterocycles. The Hall–Kier alpha value is -3.45. The van der Waals surface area contributed by atoms with Crippen molar-refractivity contribution in [3.05, 3.63) is 86.9 Å². The zero-order valence-electron chi connectivity index (χ0n) is 17.2. The minimum Gasteiger partial charge on any atom is -0.330 e. The topological polar surface area (TPSA) is 73.0 Å². The van der Waals surface area contributed by atoms with Crippen LogP contribution in [0.1, 0.15) is 27.4 Å². The maximum atomic E-state index is 13.1. The van der Waals surface area contributed by atoms with Gasteiger partial charge in [-0.25, -0.2) is 4.98 Å². The largest absolute Gasteiger partial charge is 0.330 e. The van der Waals surface area contributed by atoms with Crippen molar-refractivity contribution in [1.29, 1.82) is 0 Å². The summed E-state index contributed by atoms with van der Waals surface area (Å²) in [5, 5.41) is 1.68. The quantitative estimate of drug-likeness (QED) is 0.495. The summed E-state index contributed by atoms with van der Waals surface area (Å²) in [5.41, 5.74) is 4.04. The van der Waals surface area contributed by atoms with Crippen LogP contribution in [-0.4, -0.2) is 36.5 Å². The first-order valence-electron chi connectivity index (χ1n) is 10.0. The fourth-order valence-electron chi connectivity index (χ4n) is 3.99. The Bertz CT molecular complexity index is 1410. The van der Waals surface area contributed by atoms with Crippen molar-refractivity contribution < 1.29 is 4.79 Å². The second kappa shape index (κ2) is 7.35. The monoisotopic (exact) mass is 433 g/mol. The Kier molecular flexibility index (Phi) is 4.63. The molecule has 1 amide bonds. The molecule has 7 nitrogen and oxygen atoms in total. The van der Waals surface area contributed by atoms with Crippen LogP contribution in [0.3, 0.4) is 0 Å². The van der Waals surface area contributed by atoms with Crippen LogP contribution >= 0.6 is 11.6 Å². The maximum Gasteiger partial charge on any atom is 0.275 e. The number of nitrogens with zero attached hydrogens (tertiary/aromatic N) is 5. The van der Waals surface area contributed by atoms with Gasteiger partial charge in [-0.05, 0) is 43.7 Å². The molecule has 1 aromatic carbocycles. The van der Waals surface area contributed by atoms with Crippen LogP contribution in [-0.2, 0) is 13.1 Å². The number of aryl methyl sites for hydroxylation is 2. The number of benzene rings is 1. The summed E-state index contributed by atoms with van der Waals surface area (Å²) < 4.78 is 3.23. The summed E-state index contributed by atoms with van der Waals surface area (Å²) >= 11 is 6.24. The second-order valence-electron chi connectivity index (χ2n) is 7.76. The Morgan fingerprint density at radius 2 is 1.84 bits per heavy atom. The number of carbonyl (C=O) groups excluding carboxylic acids is 1. The van der Waals surface area contributed by atoms with Crippen LogP contribution in [0.4, 0.5) is 0 Å². The van der Waals surface area contributed by atoms with Gasteiger partial charge >= 0.3 is 0 Å². The summed E-state index contributed by atoms with van der Waals surface area (Å²) in [6.45, 7) is 5.04. The third-order valence-corrected chi connectivity index (χ3v) is 6.11. The molecule has 5 rings (SSSR count). The van der Waals surface area contributed by atoms with Gasteiger partial charge in [-0.3, -0.25) is 14.6 Å². The van der Waals surface area contributed by atoms with E-state index in [1.807, 2.05) is 38.1 Å². The highest BCUT2D eigenvalue weighted by Gasteiger charge is 2.26. The molecule has 0 saturated carbocycles. The van der Waals surface area contributed by atoms with Gasteiger partial charge in [-0.1, -0.05) is 23.7 Å². The Morgan fingerprint density at radius 3 is 2.61 bits per heavy atom. The Morgan fingerprint density at radius 1 is 1.03 bits per heavy atom. The molecule has 0 fully saturated rings. The Labute approximate surface area is 183 Å². The molecule has 31 heavy (non-hydrogen) atoms. The van der Waals surface area contributed by atoms with E-state index in [1.165, 1.54) is 0 Å². The van der Waals surface area contributed by atoms with E-state index in [0.29, 0.717) is 36.0 Å². The fraction of sp³-hybridized carbons (Fsp3) is 0.217. The number of aromatic nitrogens is 4. The van der Waals surface area contributed by atoms with Crippen molar-refractivity contribution in [3.8, 4) is 5.69 Å². The van der Waals surface area contributed by atoms with Crippen molar-refractivity contribution in [3.63, 3.8) is 0 Å². The first kappa shape index (κ1) is 19.5. The average Bonchev–Trinajstić information content (AvgIpc) is 3.19. The SMILES string of the molecule is Cc1cn(-c2ccc3n(c2=O)CCN(Cc2ccc4ccc(Cl)c(C)c4n2)C3=O)cn1. The van der Waals surface area contributed by atoms with Crippen LogP contribution in [0, 0.1) is 13.8 Å². The van der Waals surface area contributed by atoms with E-state index < -0.39 is 0 Å². The van der Waals surface area contributed by atoms with Crippen molar-refractivity contribution in [2.75, 3.05) is 6.54 Å². The van der Waals surface area contributed by atoms with Crippen molar-refractivity contribution in [1.82, 2.24) is 24.0 Å². The van der Waals surface area contributed by atoms with Gasteiger partial charge in [-0.15, -0.1) is 0 Å².